The molecule has 5 aromatic rings. The summed E-state index contributed by atoms with van der Waals surface area (Å²) >= 11 is 0. The number of carbonyl (C=O) groups excluding carboxylic acids is 1. The summed E-state index contributed by atoms with van der Waals surface area (Å²) in [5.74, 6) is 2.52. The largest absolute Gasteiger partial charge is 0.497 e. The zero-order chi connectivity index (χ0) is 25.5. The van der Waals surface area contributed by atoms with Crippen molar-refractivity contribution in [1.82, 2.24) is 14.9 Å². The number of imidazole rings is 1. The summed E-state index contributed by atoms with van der Waals surface area (Å²) in [6, 6.07) is 29.9. The van der Waals surface area contributed by atoms with Gasteiger partial charge in [0.05, 0.1) is 24.8 Å². The van der Waals surface area contributed by atoms with Crippen molar-refractivity contribution in [1.29, 1.82) is 0 Å². The first-order chi connectivity index (χ1) is 18.2. The van der Waals surface area contributed by atoms with E-state index in [2.05, 4.69) is 34.1 Å². The highest BCUT2D eigenvalue weighted by Gasteiger charge is 2.11. The Morgan fingerprint density at radius 3 is 2.65 bits per heavy atom. The van der Waals surface area contributed by atoms with Crippen LogP contribution >= 0.6 is 0 Å². The molecule has 0 bridgehead atoms. The second-order valence-corrected chi connectivity index (χ2v) is 8.94. The standard InChI is InChI=1S/C31H31N3O3/c1-36-25-13-6-12-24(22-25)31(35)32-19-8-18-30-33-27-15-4-5-16-28(27)34(30)20-9-21-37-29-17-7-11-23-10-2-3-14-26(23)29/h2-7,10-17,22H,8-9,18-21H2,1H3,(H,32,35). The third kappa shape index (κ3) is 5.75. The highest BCUT2D eigenvalue weighted by atomic mass is 16.5. The summed E-state index contributed by atoms with van der Waals surface area (Å²) in [5, 5.41) is 5.32. The zero-order valence-corrected chi connectivity index (χ0v) is 21.0. The first-order valence-corrected chi connectivity index (χ1v) is 12.7. The number of hydrogen-bond acceptors (Lipinski definition) is 4. The Balaban J connectivity index is 1.18. The predicted molar refractivity (Wildman–Crippen MR) is 147 cm³/mol. The van der Waals surface area contributed by atoms with Crippen LogP contribution < -0.4 is 14.8 Å². The van der Waals surface area contributed by atoms with Crippen molar-refractivity contribution in [3.05, 3.63) is 102 Å². The minimum atomic E-state index is -0.0991. The fourth-order valence-electron chi connectivity index (χ4n) is 4.61. The van der Waals surface area contributed by atoms with Gasteiger partial charge in [0, 0.05) is 30.5 Å². The molecule has 5 rings (SSSR count). The highest BCUT2D eigenvalue weighted by molar-refractivity contribution is 5.94. The monoisotopic (exact) mass is 493 g/mol. The Hall–Kier alpha value is -4.32. The molecule has 0 aliphatic rings. The van der Waals surface area contributed by atoms with Crippen LogP contribution in [0.2, 0.25) is 0 Å². The van der Waals surface area contributed by atoms with Gasteiger partial charge < -0.3 is 19.4 Å². The van der Waals surface area contributed by atoms with Crippen LogP contribution in [-0.4, -0.2) is 35.7 Å². The number of carbonyl (C=O) groups is 1. The summed E-state index contributed by atoms with van der Waals surface area (Å²) < 4.78 is 13.7. The van der Waals surface area contributed by atoms with Crippen LogP contribution in [0.25, 0.3) is 21.8 Å². The van der Waals surface area contributed by atoms with E-state index in [9.17, 15) is 4.79 Å². The molecule has 0 saturated heterocycles. The highest BCUT2D eigenvalue weighted by Crippen LogP contribution is 2.25. The number of nitrogens with one attached hydrogen (secondary N) is 1. The van der Waals surface area contributed by atoms with Crippen molar-refractivity contribution in [2.45, 2.75) is 25.8 Å². The number of methoxy groups -OCH3 is 1. The second-order valence-electron chi connectivity index (χ2n) is 8.94. The number of fused-ring (bicyclic) bond motifs is 2. The fourth-order valence-corrected chi connectivity index (χ4v) is 4.61. The molecule has 0 aliphatic heterocycles. The maximum atomic E-state index is 12.5. The van der Waals surface area contributed by atoms with Crippen LogP contribution in [0.1, 0.15) is 29.0 Å². The number of hydrogen-bond donors (Lipinski definition) is 1. The number of benzene rings is 4. The van der Waals surface area contributed by atoms with E-state index in [-0.39, 0.29) is 5.91 Å². The zero-order valence-electron chi connectivity index (χ0n) is 21.0. The van der Waals surface area contributed by atoms with Gasteiger partial charge in [-0.1, -0.05) is 54.6 Å². The SMILES string of the molecule is COc1cccc(C(=O)NCCCc2nc3ccccc3n2CCCOc2cccc3ccccc23)c1. The maximum absolute atomic E-state index is 12.5. The first-order valence-electron chi connectivity index (χ1n) is 12.7. The molecular weight excluding hydrogens is 462 g/mol. The molecule has 0 aliphatic carbocycles. The predicted octanol–water partition coefficient (Wildman–Crippen LogP) is 6.03. The van der Waals surface area contributed by atoms with Gasteiger partial charge in [-0.05, 0) is 54.6 Å². The smallest absolute Gasteiger partial charge is 0.251 e. The number of aryl methyl sites for hydroxylation is 2. The Kier molecular flexibility index (Phi) is 7.65. The molecule has 1 amide bonds. The van der Waals surface area contributed by atoms with Crippen LogP contribution in [0, 0.1) is 0 Å². The van der Waals surface area contributed by atoms with E-state index in [1.165, 1.54) is 5.39 Å². The van der Waals surface area contributed by atoms with Gasteiger partial charge in [-0.25, -0.2) is 4.98 Å². The van der Waals surface area contributed by atoms with Crippen LogP contribution in [0.3, 0.4) is 0 Å². The van der Waals surface area contributed by atoms with Crippen molar-refractivity contribution in [3.63, 3.8) is 0 Å². The number of rotatable bonds is 11. The van der Waals surface area contributed by atoms with Gasteiger partial charge in [0.2, 0.25) is 0 Å². The Morgan fingerprint density at radius 2 is 1.73 bits per heavy atom. The molecule has 1 heterocycles. The van der Waals surface area contributed by atoms with Gasteiger partial charge in [-0.15, -0.1) is 0 Å². The molecule has 0 spiro atoms. The average molecular weight is 494 g/mol. The molecule has 0 radical (unpaired) electrons. The summed E-state index contributed by atoms with van der Waals surface area (Å²) in [4.78, 5) is 17.4. The maximum Gasteiger partial charge on any atom is 0.251 e. The van der Waals surface area contributed by atoms with E-state index in [4.69, 9.17) is 14.5 Å². The summed E-state index contributed by atoms with van der Waals surface area (Å²) in [6.07, 6.45) is 2.44. The molecule has 0 unspecified atom stereocenters. The summed E-state index contributed by atoms with van der Waals surface area (Å²) in [5.41, 5.74) is 2.72. The average Bonchev–Trinajstić information content (AvgIpc) is 3.30. The van der Waals surface area contributed by atoms with Gasteiger partial charge in [-0.2, -0.15) is 0 Å². The quantitative estimate of drug-likeness (QED) is 0.228. The van der Waals surface area contributed by atoms with Gasteiger partial charge in [0.25, 0.3) is 5.91 Å². The topological polar surface area (TPSA) is 65.4 Å². The lowest BCUT2D eigenvalue weighted by atomic mass is 10.1. The number of amides is 1. The van der Waals surface area contributed by atoms with Crippen LogP contribution in [-0.2, 0) is 13.0 Å². The van der Waals surface area contributed by atoms with Crippen molar-refractivity contribution < 1.29 is 14.3 Å². The first kappa shape index (κ1) is 24.4. The number of ether oxygens (including phenoxy) is 2. The summed E-state index contributed by atoms with van der Waals surface area (Å²) in [6.45, 7) is 2.01. The van der Waals surface area contributed by atoms with Gasteiger partial charge in [0.1, 0.15) is 17.3 Å². The van der Waals surface area contributed by atoms with Crippen LogP contribution in [0.4, 0.5) is 0 Å². The Bertz CT molecular complexity index is 1500. The normalized spacial score (nSPS) is 11.1. The molecule has 0 saturated carbocycles. The third-order valence-corrected chi connectivity index (χ3v) is 6.46. The lowest BCUT2D eigenvalue weighted by molar-refractivity contribution is 0.0952. The number of aromatic nitrogens is 2. The van der Waals surface area contributed by atoms with Crippen molar-refractivity contribution in [2.75, 3.05) is 20.3 Å². The lowest BCUT2D eigenvalue weighted by Gasteiger charge is -2.12. The molecule has 188 valence electrons. The molecule has 4 aromatic carbocycles. The van der Waals surface area contributed by atoms with Crippen molar-refractivity contribution in [2.24, 2.45) is 0 Å². The molecule has 0 atom stereocenters. The third-order valence-electron chi connectivity index (χ3n) is 6.46. The molecule has 37 heavy (non-hydrogen) atoms. The molecule has 0 fully saturated rings. The Morgan fingerprint density at radius 1 is 0.919 bits per heavy atom. The van der Waals surface area contributed by atoms with E-state index in [0.29, 0.717) is 24.5 Å². The van der Waals surface area contributed by atoms with E-state index in [1.54, 1.807) is 19.2 Å². The molecule has 6 nitrogen and oxygen atoms in total. The second kappa shape index (κ2) is 11.6. The van der Waals surface area contributed by atoms with E-state index >= 15 is 0 Å². The lowest BCUT2D eigenvalue weighted by Crippen LogP contribution is -2.25. The van der Waals surface area contributed by atoms with Crippen LogP contribution in [0.5, 0.6) is 11.5 Å². The van der Waals surface area contributed by atoms with Crippen LogP contribution in [0.15, 0.2) is 91.0 Å². The molecular formula is C31H31N3O3. The number of nitrogens with zero attached hydrogens (tertiary/aromatic N) is 2. The van der Waals surface area contributed by atoms with E-state index in [0.717, 1.165) is 53.8 Å². The minimum Gasteiger partial charge on any atom is -0.497 e. The van der Waals surface area contributed by atoms with E-state index in [1.807, 2.05) is 54.6 Å². The van der Waals surface area contributed by atoms with Gasteiger partial charge in [0.15, 0.2) is 0 Å². The molecule has 6 heteroatoms. The number of para-hydroxylation sites is 2. The van der Waals surface area contributed by atoms with E-state index < -0.39 is 0 Å². The fraction of sp³-hybridized carbons (Fsp3) is 0.226. The molecule has 1 N–H and O–H groups in total. The Labute approximate surface area is 216 Å². The van der Waals surface area contributed by atoms with Crippen molar-refractivity contribution in [3.8, 4) is 11.5 Å². The van der Waals surface area contributed by atoms with Gasteiger partial charge in [-0.3, -0.25) is 4.79 Å². The minimum absolute atomic E-state index is 0.0991. The van der Waals surface area contributed by atoms with Crippen molar-refractivity contribution >= 4 is 27.7 Å². The molecule has 1 aromatic heterocycles. The van der Waals surface area contributed by atoms with Gasteiger partial charge >= 0.3 is 0 Å². The summed E-state index contributed by atoms with van der Waals surface area (Å²) in [7, 11) is 1.60.